The second-order valence-electron chi connectivity index (χ2n) is 9.79. The summed E-state index contributed by atoms with van der Waals surface area (Å²) in [6.45, 7) is 1.07. The van der Waals surface area contributed by atoms with Crippen LogP contribution < -0.4 is 4.74 Å². The van der Waals surface area contributed by atoms with E-state index in [1.165, 1.54) is 82.6 Å². The number of hydrogen-bond acceptors (Lipinski definition) is 1. The lowest BCUT2D eigenvalue weighted by Crippen LogP contribution is -2.26. The van der Waals surface area contributed by atoms with Gasteiger partial charge in [-0.1, -0.05) is 64.0 Å². The lowest BCUT2D eigenvalue weighted by molar-refractivity contribution is -0.153. The predicted octanol–water partition coefficient (Wildman–Crippen LogP) is 8.36. The van der Waals surface area contributed by atoms with Crippen LogP contribution in [-0.4, -0.2) is 12.8 Å². The zero-order valence-electron chi connectivity index (χ0n) is 18.6. The van der Waals surface area contributed by atoms with Crippen LogP contribution in [0.25, 0.3) is 0 Å². The van der Waals surface area contributed by atoms with E-state index in [1.54, 1.807) is 12.1 Å². The van der Waals surface area contributed by atoms with Gasteiger partial charge < -0.3 is 4.74 Å². The molecule has 0 radical (unpaired) electrons. The minimum absolute atomic E-state index is 0.293. The maximum Gasteiger partial charge on any atom is 0.422 e. The molecule has 0 aliphatic heterocycles. The lowest BCUT2D eigenvalue weighted by Gasteiger charge is -2.38. The van der Waals surface area contributed by atoms with Crippen molar-refractivity contribution in [2.24, 2.45) is 23.7 Å². The lowest BCUT2D eigenvalue weighted by atomic mass is 9.68. The fourth-order valence-electron chi connectivity index (χ4n) is 5.68. The van der Waals surface area contributed by atoms with Crippen LogP contribution in [0.2, 0.25) is 0 Å². The minimum Gasteiger partial charge on any atom is -0.484 e. The highest BCUT2D eigenvalue weighted by Gasteiger charge is 2.31. The monoisotopic (exact) mass is 424 g/mol. The molecule has 1 aromatic carbocycles. The van der Waals surface area contributed by atoms with Crippen LogP contribution in [0.4, 0.5) is 13.2 Å². The Bertz CT molecular complexity index is 594. The van der Waals surface area contributed by atoms with Crippen LogP contribution in [0, 0.1) is 23.7 Å². The average Bonchev–Trinajstić information content (AvgIpc) is 2.76. The molecule has 1 aromatic rings. The molecule has 0 unspecified atom stereocenters. The minimum atomic E-state index is -4.29. The molecule has 170 valence electrons. The van der Waals surface area contributed by atoms with Gasteiger partial charge in [-0.15, -0.1) is 0 Å². The van der Waals surface area contributed by atoms with Crippen molar-refractivity contribution in [2.75, 3.05) is 6.61 Å². The van der Waals surface area contributed by atoms with Gasteiger partial charge in [-0.05, 0) is 79.9 Å². The molecule has 2 saturated carbocycles. The molecule has 4 heteroatoms. The van der Waals surface area contributed by atoms with E-state index >= 15 is 0 Å². The third-order valence-electron chi connectivity index (χ3n) is 7.58. The Hall–Kier alpha value is -1.19. The Morgan fingerprint density at radius 3 is 1.83 bits per heavy atom. The van der Waals surface area contributed by atoms with Crippen molar-refractivity contribution in [2.45, 2.75) is 96.6 Å². The summed E-state index contributed by atoms with van der Waals surface area (Å²) in [5.41, 5.74) is 1.20. The first-order chi connectivity index (χ1) is 14.4. The maximum absolute atomic E-state index is 12.2. The molecule has 0 N–H and O–H groups in total. The van der Waals surface area contributed by atoms with E-state index in [1.807, 2.05) is 12.1 Å². The first-order valence-corrected chi connectivity index (χ1v) is 12.2. The molecule has 30 heavy (non-hydrogen) atoms. The topological polar surface area (TPSA) is 9.23 Å². The third kappa shape index (κ3) is 7.81. The predicted molar refractivity (Wildman–Crippen MR) is 117 cm³/mol. The van der Waals surface area contributed by atoms with Crippen molar-refractivity contribution in [3.05, 3.63) is 29.8 Å². The second-order valence-corrected chi connectivity index (χ2v) is 9.79. The number of alkyl halides is 3. The van der Waals surface area contributed by atoms with E-state index in [4.69, 9.17) is 4.74 Å². The van der Waals surface area contributed by atoms with E-state index in [9.17, 15) is 13.2 Å². The first-order valence-electron chi connectivity index (χ1n) is 12.2. The summed E-state index contributed by atoms with van der Waals surface area (Å²) in [6, 6.07) is 7.15. The van der Waals surface area contributed by atoms with E-state index in [0.717, 1.165) is 30.1 Å². The summed E-state index contributed by atoms with van der Waals surface area (Å²) >= 11 is 0. The van der Waals surface area contributed by atoms with Gasteiger partial charge in [-0.2, -0.15) is 13.2 Å². The SMILES string of the molecule is CCCCC1CCC(C2CCC(CCc3ccc(OCC(F)(F)F)cc3)CC2)CC1. The number of hydrogen-bond donors (Lipinski definition) is 0. The van der Waals surface area contributed by atoms with E-state index in [0.29, 0.717) is 5.75 Å². The smallest absolute Gasteiger partial charge is 0.422 e. The summed E-state index contributed by atoms with van der Waals surface area (Å²) in [5.74, 6) is 4.04. The van der Waals surface area contributed by atoms with Crippen LogP contribution in [0.3, 0.4) is 0 Å². The van der Waals surface area contributed by atoms with Gasteiger partial charge in [0.25, 0.3) is 0 Å². The fraction of sp³-hybridized carbons (Fsp3) is 0.769. The molecule has 3 rings (SSSR count). The van der Waals surface area contributed by atoms with Gasteiger partial charge in [-0.25, -0.2) is 0 Å². The Labute approximate surface area is 180 Å². The Morgan fingerprint density at radius 2 is 1.33 bits per heavy atom. The summed E-state index contributed by atoms with van der Waals surface area (Å²) in [7, 11) is 0. The molecule has 1 nitrogen and oxygen atoms in total. The molecule has 2 aliphatic rings. The van der Waals surface area contributed by atoms with Gasteiger partial charge in [0.1, 0.15) is 5.75 Å². The number of benzene rings is 1. The van der Waals surface area contributed by atoms with Crippen LogP contribution in [0.15, 0.2) is 24.3 Å². The van der Waals surface area contributed by atoms with Crippen LogP contribution >= 0.6 is 0 Å². The van der Waals surface area contributed by atoms with Crippen LogP contribution in [0.1, 0.15) is 89.5 Å². The second kappa shape index (κ2) is 11.4. The first kappa shape index (κ1) is 23.5. The standard InChI is InChI=1S/C26H39F3O/c1-2-3-4-20-7-13-23(14-8-20)24-15-9-21(10-16-24)5-6-22-11-17-25(18-12-22)30-19-26(27,28)29/h11-12,17-18,20-21,23-24H,2-10,13-16,19H2,1H3. The van der Waals surface area contributed by atoms with Crippen molar-refractivity contribution >= 4 is 0 Å². The maximum atomic E-state index is 12.2. The normalized spacial score (nSPS) is 27.7. The summed E-state index contributed by atoms with van der Waals surface area (Å²) in [4.78, 5) is 0. The molecule has 2 aliphatic carbocycles. The van der Waals surface area contributed by atoms with Crippen LogP contribution in [0.5, 0.6) is 5.75 Å². The van der Waals surface area contributed by atoms with E-state index in [2.05, 4.69) is 6.92 Å². The summed E-state index contributed by atoms with van der Waals surface area (Å²) in [6.07, 6.45) is 13.5. The summed E-state index contributed by atoms with van der Waals surface area (Å²) in [5, 5.41) is 0. The van der Waals surface area contributed by atoms with Crippen molar-refractivity contribution in [3.8, 4) is 5.75 Å². The number of ether oxygens (including phenoxy) is 1. The number of halogens is 3. The van der Waals surface area contributed by atoms with Crippen molar-refractivity contribution in [1.82, 2.24) is 0 Å². The highest BCUT2D eigenvalue weighted by molar-refractivity contribution is 5.27. The Morgan fingerprint density at radius 1 is 0.800 bits per heavy atom. The zero-order valence-corrected chi connectivity index (χ0v) is 18.6. The van der Waals surface area contributed by atoms with Crippen LogP contribution in [-0.2, 0) is 6.42 Å². The molecule has 0 spiro atoms. The number of aryl methyl sites for hydroxylation is 1. The fourth-order valence-corrected chi connectivity index (χ4v) is 5.68. The molecule has 2 fully saturated rings. The van der Waals surface area contributed by atoms with Gasteiger partial charge in [0, 0.05) is 0 Å². The van der Waals surface area contributed by atoms with E-state index < -0.39 is 12.8 Å². The van der Waals surface area contributed by atoms with Gasteiger partial charge in [0.05, 0.1) is 0 Å². The summed E-state index contributed by atoms with van der Waals surface area (Å²) < 4.78 is 41.5. The number of unbranched alkanes of at least 4 members (excludes halogenated alkanes) is 1. The van der Waals surface area contributed by atoms with Crippen molar-refractivity contribution < 1.29 is 17.9 Å². The van der Waals surface area contributed by atoms with E-state index in [-0.39, 0.29) is 0 Å². The van der Waals surface area contributed by atoms with Gasteiger partial charge in [0.15, 0.2) is 6.61 Å². The zero-order chi connectivity index (χ0) is 21.4. The molecular weight excluding hydrogens is 385 g/mol. The Balaban J connectivity index is 1.32. The average molecular weight is 425 g/mol. The molecule has 0 aromatic heterocycles. The third-order valence-corrected chi connectivity index (χ3v) is 7.58. The van der Waals surface area contributed by atoms with Gasteiger partial charge in [-0.3, -0.25) is 0 Å². The van der Waals surface area contributed by atoms with Gasteiger partial charge in [0.2, 0.25) is 0 Å². The quantitative estimate of drug-likeness (QED) is 0.387. The number of rotatable bonds is 9. The molecular formula is C26H39F3O. The molecule has 0 bridgehead atoms. The van der Waals surface area contributed by atoms with Crippen molar-refractivity contribution in [3.63, 3.8) is 0 Å². The molecule has 0 heterocycles. The highest BCUT2D eigenvalue weighted by atomic mass is 19.4. The molecule has 0 atom stereocenters. The largest absolute Gasteiger partial charge is 0.484 e. The Kier molecular flexibility index (Phi) is 8.95. The van der Waals surface area contributed by atoms with Crippen molar-refractivity contribution in [1.29, 1.82) is 0 Å². The molecule has 0 saturated heterocycles. The molecule has 0 amide bonds. The highest BCUT2D eigenvalue weighted by Crippen LogP contribution is 2.43. The van der Waals surface area contributed by atoms with Gasteiger partial charge >= 0.3 is 6.18 Å².